The van der Waals surface area contributed by atoms with Crippen LogP contribution in [0.1, 0.15) is 11.4 Å². The van der Waals surface area contributed by atoms with Gasteiger partial charge < -0.3 is 5.32 Å². The Kier molecular flexibility index (Phi) is 3.78. The van der Waals surface area contributed by atoms with Gasteiger partial charge >= 0.3 is 6.18 Å². The molecular weight excluding hydrogens is 291 g/mol. The number of nitro benzene ring substituents is 1. The summed E-state index contributed by atoms with van der Waals surface area (Å²) in [5.74, 6) is 0.393. The van der Waals surface area contributed by atoms with E-state index in [-0.39, 0.29) is 12.2 Å². The molecule has 0 amide bonds. The second-order valence-corrected chi connectivity index (χ2v) is 4.17. The number of hydrogen-bond acceptors (Lipinski definition) is 5. The standard InChI is InChI=1S/C11H10F3N5O2/c1-18-6-16-10(17-18)5-15-7-2-3-9(19(20)21)8(4-7)11(12,13)14/h2-4,6,15H,5H2,1H3. The number of hydrogen-bond donors (Lipinski definition) is 1. The lowest BCUT2D eigenvalue weighted by molar-refractivity contribution is -0.388. The molecule has 0 fully saturated rings. The number of aryl methyl sites for hydroxylation is 1. The summed E-state index contributed by atoms with van der Waals surface area (Å²) in [7, 11) is 1.66. The molecular formula is C11H10F3N5O2. The molecule has 21 heavy (non-hydrogen) atoms. The van der Waals surface area contributed by atoms with Crippen LogP contribution in [0.2, 0.25) is 0 Å². The van der Waals surface area contributed by atoms with Gasteiger partial charge in [-0.05, 0) is 12.1 Å². The van der Waals surface area contributed by atoms with Crippen molar-refractivity contribution in [2.75, 3.05) is 5.32 Å². The molecule has 0 radical (unpaired) electrons. The highest BCUT2D eigenvalue weighted by molar-refractivity contribution is 5.55. The molecule has 1 aromatic heterocycles. The quantitative estimate of drug-likeness (QED) is 0.692. The van der Waals surface area contributed by atoms with Gasteiger partial charge in [0.25, 0.3) is 5.69 Å². The Labute approximate surface area is 116 Å². The molecule has 0 aliphatic carbocycles. The summed E-state index contributed by atoms with van der Waals surface area (Å²) in [5.41, 5.74) is -2.18. The predicted molar refractivity (Wildman–Crippen MR) is 66.4 cm³/mol. The van der Waals surface area contributed by atoms with Gasteiger partial charge in [-0.2, -0.15) is 18.3 Å². The maximum absolute atomic E-state index is 12.8. The van der Waals surface area contributed by atoms with E-state index >= 15 is 0 Å². The summed E-state index contributed by atoms with van der Waals surface area (Å²) < 4.78 is 39.8. The maximum Gasteiger partial charge on any atom is 0.423 e. The van der Waals surface area contributed by atoms with Crippen LogP contribution in [0.25, 0.3) is 0 Å². The van der Waals surface area contributed by atoms with Crippen LogP contribution in [0.15, 0.2) is 24.5 Å². The number of nitrogens with zero attached hydrogens (tertiary/aromatic N) is 4. The van der Waals surface area contributed by atoms with Gasteiger partial charge in [0, 0.05) is 18.8 Å². The van der Waals surface area contributed by atoms with E-state index in [1.165, 1.54) is 17.1 Å². The highest BCUT2D eigenvalue weighted by Crippen LogP contribution is 2.37. The number of benzene rings is 1. The summed E-state index contributed by atoms with van der Waals surface area (Å²) in [6, 6.07) is 2.72. The number of rotatable bonds is 4. The summed E-state index contributed by atoms with van der Waals surface area (Å²) in [6.07, 6.45) is -3.35. The lowest BCUT2D eigenvalue weighted by Crippen LogP contribution is -2.10. The highest BCUT2D eigenvalue weighted by Gasteiger charge is 2.38. The lowest BCUT2D eigenvalue weighted by Gasteiger charge is -2.10. The van der Waals surface area contributed by atoms with Crippen molar-refractivity contribution in [3.63, 3.8) is 0 Å². The first-order valence-electron chi connectivity index (χ1n) is 5.71. The summed E-state index contributed by atoms with van der Waals surface area (Å²) in [5, 5.41) is 17.3. The highest BCUT2D eigenvalue weighted by atomic mass is 19.4. The van der Waals surface area contributed by atoms with E-state index in [2.05, 4.69) is 15.4 Å². The fourth-order valence-electron chi connectivity index (χ4n) is 1.68. The lowest BCUT2D eigenvalue weighted by atomic mass is 10.1. The van der Waals surface area contributed by atoms with Gasteiger partial charge in [0.15, 0.2) is 5.82 Å². The Morgan fingerprint density at radius 2 is 2.14 bits per heavy atom. The first-order chi connectivity index (χ1) is 9.77. The van der Waals surface area contributed by atoms with Crippen LogP contribution < -0.4 is 5.32 Å². The van der Waals surface area contributed by atoms with Crippen molar-refractivity contribution >= 4 is 11.4 Å². The Bertz CT molecular complexity index is 668. The molecule has 2 rings (SSSR count). The molecule has 7 nitrogen and oxygen atoms in total. The molecule has 2 aromatic rings. The first-order valence-corrected chi connectivity index (χ1v) is 5.71. The zero-order valence-electron chi connectivity index (χ0n) is 10.8. The third-order valence-corrected chi connectivity index (χ3v) is 2.60. The van der Waals surface area contributed by atoms with E-state index < -0.39 is 22.4 Å². The molecule has 0 aliphatic rings. The van der Waals surface area contributed by atoms with Crippen LogP contribution in [0.3, 0.4) is 0 Å². The summed E-state index contributed by atoms with van der Waals surface area (Å²) >= 11 is 0. The van der Waals surface area contributed by atoms with E-state index in [9.17, 15) is 23.3 Å². The second kappa shape index (κ2) is 5.38. The van der Waals surface area contributed by atoms with E-state index in [0.717, 1.165) is 6.07 Å². The fourth-order valence-corrected chi connectivity index (χ4v) is 1.68. The van der Waals surface area contributed by atoms with Crippen molar-refractivity contribution in [1.82, 2.24) is 14.8 Å². The van der Waals surface area contributed by atoms with Crippen LogP contribution in [0.5, 0.6) is 0 Å². The van der Waals surface area contributed by atoms with Crippen molar-refractivity contribution in [3.05, 3.63) is 46.0 Å². The summed E-state index contributed by atoms with van der Waals surface area (Å²) in [4.78, 5) is 13.5. The number of alkyl halides is 3. The topological polar surface area (TPSA) is 85.9 Å². The van der Waals surface area contributed by atoms with Gasteiger partial charge in [-0.25, -0.2) is 4.98 Å². The number of nitrogens with one attached hydrogen (secondary N) is 1. The number of halogens is 3. The molecule has 10 heteroatoms. The molecule has 112 valence electrons. The van der Waals surface area contributed by atoms with E-state index in [1.54, 1.807) is 7.05 Å². The molecule has 0 atom stereocenters. The zero-order chi connectivity index (χ0) is 15.6. The average molecular weight is 301 g/mol. The van der Waals surface area contributed by atoms with Gasteiger partial charge in [-0.1, -0.05) is 0 Å². The normalized spacial score (nSPS) is 11.4. The van der Waals surface area contributed by atoms with E-state index in [4.69, 9.17) is 0 Å². The molecule has 0 saturated carbocycles. The van der Waals surface area contributed by atoms with Crippen LogP contribution >= 0.6 is 0 Å². The van der Waals surface area contributed by atoms with Crippen molar-refractivity contribution in [1.29, 1.82) is 0 Å². The van der Waals surface area contributed by atoms with Crippen molar-refractivity contribution < 1.29 is 18.1 Å². The van der Waals surface area contributed by atoms with Crippen LogP contribution in [0, 0.1) is 10.1 Å². The average Bonchev–Trinajstić information content (AvgIpc) is 2.81. The van der Waals surface area contributed by atoms with Gasteiger partial charge in [0.1, 0.15) is 11.9 Å². The molecule has 0 aliphatic heterocycles. The van der Waals surface area contributed by atoms with E-state index in [1.807, 2.05) is 0 Å². The third kappa shape index (κ3) is 3.46. The molecule has 1 N–H and O–H groups in total. The van der Waals surface area contributed by atoms with Crippen molar-refractivity contribution in [2.24, 2.45) is 7.05 Å². The Balaban J connectivity index is 2.23. The molecule has 0 bridgehead atoms. The largest absolute Gasteiger partial charge is 0.423 e. The van der Waals surface area contributed by atoms with Gasteiger partial charge in [-0.15, -0.1) is 0 Å². The Hall–Kier alpha value is -2.65. The minimum Gasteiger partial charge on any atom is -0.378 e. The molecule has 1 aromatic carbocycles. The monoisotopic (exact) mass is 301 g/mol. The van der Waals surface area contributed by atoms with E-state index in [0.29, 0.717) is 11.9 Å². The zero-order valence-corrected chi connectivity index (χ0v) is 10.8. The summed E-state index contributed by atoms with van der Waals surface area (Å²) in [6.45, 7) is 0.107. The van der Waals surface area contributed by atoms with Crippen LogP contribution in [-0.2, 0) is 19.8 Å². The number of aromatic nitrogens is 3. The molecule has 1 heterocycles. The maximum atomic E-state index is 12.8. The Morgan fingerprint density at radius 1 is 1.43 bits per heavy atom. The van der Waals surface area contributed by atoms with Crippen molar-refractivity contribution in [3.8, 4) is 0 Å². The SMILES string of the molecule is Cn1cnc(CNc2ccc([N+](=O)[O-])c(C(F)(F)F)c2)n1. The molecule has 0 saturated heterocycles. The molecule has 0 spiro atoms. The van der Waals surface area contributed by atoms with Gasteiger partial charge in [0.2, 0.25) is 0 Å². The van der Waals surface area contributed by atoms with Crippen LogP contribution in [-0.4, -0.2) is 19.7 Å². The minimum atomic E-state index is -4.80. The van der Waals surface area contributed by atoms with Gasteiger partial charge in [-0.3, -0.25) is 14.8 Å². The fraction of sp³-hybridized carbons (Fsp3) is 0.273. The Morgan fingerprint density at radius 3 is 2.67 bits per heavy atom. The van der Waals surface area contributed by atoms with Crippen molar-refractivity contribution in [2.45, 2.75) is 12.7 Å². The minimum absolute atomic E-state index is 0.0976. The third-order valence-electron chi connectivity index (χ3n) is 2.60. The first kappa shape index (κ1) is 14.8. The van der Waals surface area contributed by atoms with Crippen LogP contribution in [0.4, 0.5) is 24.5 Å². The number of nitro groups is 1. The second-order valence-electron chi connectivity index (χ2n) is 4.17. The van der Waals surface area contributed by atoms with Gasteiger partial charge in [0.05, 0.1) is 11.5 Å². The molecule has 0 unspecified atom stereocenters. The number of anilines is 1. The predicted octanol–water partition coefficient (Wildman–Crippen LogP) is 2.35. The smallest absolute Gasteiger partial charge is 0.378 e.